The lowest BCUT2D eigenvalue weighted by Crippen LogP contribution is -2.45. The van der Waals surface area contributed by atoms with Crippen LogP contribution in [0.3, 0.4) is 0 Å². The Kier molecular flexibility index (Phi) is 53.4. The maximum Gasteiger partial charge on any atom is 0.268 e. The molecule has 76 heavy (non-hydrogen) atoms. The quantitative estimate of drug-likeness (QED) is 0.0272. The number of unbranched alkanes of at least 4 members (excludes halogenated alkanes) is 18. The van der Waals surface area contributed by atoms with Gasteiger partial charge >= 0.3 is 0 Å². The van der Waals surface area contributed by atoms with Crippen LogP contribution < -0.4 is 10.2 Å². The molecule has 0 saturated carbocycles. The zero-order chi connectivity index (χ0) is 55.6. The van der Waals surface area contributed by atoms with E-state index in [1.165, 1.54) is 70.6 Å². The van der Waals surface area contributed by atoms with Gasteiger partial charge in [-0.05, 0) is 103 Å². The highest BCUT2D eigenvalue weighted by molar-refractivity contribution is 7.45. The molecular formula is C67H113N2O6P. The minimum Gasteiger partial charge on any atom is -0.756 e. The first-order chi connectivity index (χ1) is 37.0. The summed E-state index contributed by atoms with van der Waals surface area (Å²) in [4.78, 5) is 25.5. The molecule has 0 rings (SSSR count). The Morgan fingerprint density at radius 2 is 0.803 bits per heavy atom. The van der Waals surface area contributed by atoms with Gasteiger partial charge in [0, 0.05) is 6.42 Å². The topological polar surface area (TPSA) is 108 Å². The predicted molar refractivity (Wildman–Crippen MR) is 329 cm³/mol. The number of aliphatic hydroxyl groups is 1. The van der Waals surface area contributed by atoms with Gasteiger partial charge in [-0.25, -0.2) is 0 Å². The summed E-state index contributed by atoms with van der Waals surface area (Å²) in [6.07, 6.45) is 86.4. The second-order valence-electron chi connectivity index (χ2n) is 21.0. The Balaban J connectivity index is 4.21. The summed E-state index contributed by atoms with van der Waals surface area (Å²) in [5.41, 5.74) is 0. The summed E-state index contributed by atoms with van der Waals surface area (Å²) >= 11 is 0. The van der Waals surface area contributed by atoms with Crippen LogP contribution in [0.25, 0.3) is 0 Å². The highest BCUT2D eigenvalue weighted by Crippen LogP contribution is 2.38. The van der Waals surface area contributed by atoms with Crippen molar-refractivity contribution >= 4 is 13.7 Å². The van der Waals surface area contributed by atoms with E-state index in [9.17, 15) is 19.4 Å². The number of phosphoric acid groups is 1. The summed E-state index contributed by atoms with van der Waals surface area (Å²) in [5.74, 6) is -0.222. The highest BCUT2D eigenvalue weighted by Gasteiger charge is 2.23. The fourth-order valence-corrected chi connectivity index (χ4v) is 8.59. The molecule has 0 spiro atoms. The van der Waals surface area contributed by atoms with Gasteiger partial charge in [-0.3, -0.25) is 9.36 Å². The summed E-state index contributed by atoms with van der Waals surface area (Å²) in [6, 6.07) is -0.908. The molecule has 0 heterocycles. The Morgan fingerprint density at radius 3 is 1.17 bits per heavy atom. The fraction of sp³-hybridized carbons (Fsp3) is 0.627. The number of rotatable bonds is 53. The largest absolute Gasteiger partial charge is 0.756 e. The van der Waals surface area contributed by atoms with E-state index in [2.05, 4.69) is 153 Å². The molecule has 0 aromatic heterocycles. The summed E-state index contributed by atoms with van der Waals surface area (Å²) in [6.45, 7) is 4.50. The molecule has 1 amide bonds. The zero-order valence-corrected chi connectivity index (χ0v) is 50.0. The summed E-state index contributed by atoms with van der Waals surface area (Å²) in [5, 5.41) is 13.9. The molecule has 0 aromatic carbocycles. The first-order valence-electron chi connectivity index (χ1n) is 30.2. The van der Waals surface area contributed by atoms with Gasteiger partial charge in [0.15, 0.2) is 0 Å². The molecule has 0 aliphatic heterocycles. The Morgan fingerprint density at radius 1 is 0.474 bits per heavy atom. The van der Waals surface area contributed by atoms with Crippen LogP contribution in [-0.4, -0.2) is 68.5 Å². The lowest BCUT2D eigenvalue weighted by molar-refractivity contribution is -0.870. The lowest BCUT2D eigenvalue weighted by Gasteiger charge is -2.29. The number of hydrogen-bond acceptors (Lipinski definition) is 6. The molecule has 3 atom stereocenters. The molecule has 0 saturated heterocycles. The van der Waals surface area contributed by atoms with Crippen LogP contribution in [0.2, 0.25) is 0 Å². The second kappa shape index (κ2) is 56.1. The third kappa shape index (κ3) is 58.1. The third-order valence-corrected chi connectivity index (χ3v) is 13.5. The Hall–Kier alpha value is -3.62. The molecular weight excluding hydrogens is 960 g/mol. The third-order valence-electron chi connectivity index (χ3n) is 12.6. The number of amides is 1. The number of nitrogens with zero attached hydrogens (tertiary/aromatic N) is 1. The molecule has 0 fully saturated rings. The van der Waals surface area contributed by atoms with Crippen LogP contribution in [-0.2, 0) is 18.4 Å². The molecule has 0 aliphatic rings. The van der Waals surface area contributed by atoms with Gasteiger partial charge in [0.05, 0.1) is 39.9 Å². The van der Waals surface area contributed by atoms with Gasteiger partial charge in [-0.15, -0.1) is 0 Å². The molecule has 0 aromatic rings. The number of hydrogen-bond donors (Lipinski definition) is 2. The number of phosphoric ester groups is 1. The standard InChI is InChI=1S/C67H113N2O6P/c1-6-8-10-12-14-16-18-20-22-23-24-25-26-27-28-29-30-31-32-33-34-35-36-37-38-39-40-41-42-43-44-45-47-49-51-53-55-57-59-61-67(71)68-65(64-75-76(72,73)74-63-62-69(3,4)5)66(70)60-58-56-54-52-50-48-46-21-19-17-15-13-11-9-7-2/h8,10,14,16,20,22,24-25,27-28,30-31,33-34,36-37,39-40,42-43,45,47,58,60,65-66,70H,6-7,9,11-13,15,17-19,21,23,26,29,32,35,38,41,44,46,48-57,59,61-64H2,1-5H3,(H-,68,71,72,73)/b10-8-,16-14-,22-20-,25-24-,28-27-,31-30-,34-33-,37-36-,40-39-,43-42-,47-45-,60-58+. The Bertz CT molecular complexity index is 1740. The second-order valence-corrected chi connectivity index (χ2v) is 22.4. The van der Waals surface area contributed by atoms with Crippen molar-refractivity contribution in [3.8, 4) is 0 Å². The molecule has 2 N–H and O–H groups in total. The molecule has 3 unspecified atom stereocenters. The average molecular weight is 1070 g/mol. The average Bonchev–Trinajstić information content (AvgIpc) is 3.38. The van der Waals surface area contributed by atoms with Gasteiger partial charge in [0.25, 0.3) is 7.82 Å². The molecule has 9 heteroatoms. The van der Waals surface area contributed by atoms with Crippen LogP contribution in [0, 0.1) is 0 Å². The van der Waals surface area contributed by atoms with Crippen LogP contribution in [0.5, 0.6) is 0 Å². The number of allylic oxidation sites excluding steroid dienone is 23. The zero-order valence-electron chi connectivity index (χ0n) is 49.1. The molecule has 432 valence electrons. The fourth-order valence-electron chi connectivity index (χ4n) is 7.86. The van der Waals surface area contributed by atoms with E-state index in [0.29, 0.717) is 17.4 Å². The van der Waals surface area contributed by atoms with Crippen LogP contribution in [0.15, 0.2) is 146 Å². The van der Waals surface area contributed by atoms with E-state index in [4.69, 9.17) is 9.05 Å². The first-order valence-corrected chi connectivity index (χ1v) is 31.7. The van der Waals surface area contributed by atoms with E-state index < -0.39 is 26.6 Å². The normalized spacial score (nSPS) is 14.9. The number of quaternary nitrogens is 1. The van der Waals surface area contributed by atoms with Crippen LogP contribution >= 0.6 is 7.82 Å². The van der Waals surface area contributed by atoms with Gasteiger partial charge in [0.1, 0.15) is 13.2 Å². The van der Waals surface area contributed by atoms with Gasteiger partial charge < -0.3 is 28.8 Å². The van der Waals surface area contributed by atoms with E-state index in [1.54, 1.807) is 6.08 Å². The predicted octanol–water partition coefficient (Wildman–Crippen LogP) is 18.2. The number of likely N-dealkylation sites (N-methyl/N-ethyl adjacent to an activating group) is 1. The maximum atomic E-state index is 13.0. The van der Waals surface area contributed by atoms with Crippen molar-refractivity contribution in [2.75, 3.05) is 40.9 Å². The van der Waals surface area contributed by atoms with Crippen molar-refractivity contribution < 1.29 is 32.9 Å². The van der Waals surface area contributed by atoms with Crippen LogP contribution in [0.4, 0.5) is 0 Å². The van der Waals surface area contributed by atoms with Crippen molar-refractivity contribution in [1.82, 2.24) is 5.32 Å². The highest BCUT2D eigenvalue weighted by atomic mass is 31.2. The molecule has 8 nitrogen and oxygen atoms in total. The van der Waals surface area contributed by atoms with Crippen LogP contribution in [0.1, 0.15) is 219 Å². The van der Waals surface area contributed by atoms with Crippen molar-refractivity contribution in [2.45, 2.75) is 231 Å². The summed E-state index contributed by atoms with van der Waals surface area (Å²) in [7, 11) is 1.23. The van der Waals surface area contributed by atoms with E-state index in [-0.39, 0.29) is 12.5 Å². The molecule has 0 aliphatic carbocycles. The van der Waals surface area contributed by atoms with E-state index >= 15 is 0 Å². The monoisotopic (exact) mass is 1070 g/mol. The van der Waals surface area contributed by atoms with E-state index in [1.807, 2.05) is 27.2 Å². The van der Waals surface area contributed by atoms with E-state index in [0.717, 1.165) is 128 Å². The Labute approximate surface area is 468 Å². The number of aliphatic hydroxyl groups excluding tert-OH is 1. The number of nitrogens with one attached hydrogen (secondary N) is 1. The number of carbonyl (C=O) groups is 1. The van der Waals surface area contributed by atoms with Gasteiger partial charge in [0.2, 0.25) is 5.91 Å². The van der Waals surface area contributed by atoms with Gasteiger partial charge in [-0.2, -0.15) is 0 Å². The minimum atomic E-state index is -4.61. The molecule has 0 radical (unpaired) electrons. The van der Waals surface area contributed by atoms with Crippen molar-refractivity contribution in [2.24, 2.45) is 0 Å². The summed E-state index contributed by atoms with van der Waals surface area (Å²) < 4.78 is 23.3. The smallest absolute Gasteiger partial charge is 0.268 e. The number of carbonyl (C=O) groups excluding carboxylic acids is 1. The minimum absolute atomic E-state index is 0.0126. The molecule has 0 bridgehead atoms. The van der Waals surface area contributed by atoms with Crippen molar-refractivity contribution in [3.63, 3.8) is 0 Å². The van der Waals surface area contributed by atoms with Crippen molar-refractivity contribution in [3.05, 3.63) is 146 Å². The van der Waals surface area contributed by atoms with Crippen molar-refractivity contribution in [1.29, 1.82) is 0 Å². The first kappa shape index (κ1) is 72.4. The maximum absolute atomic E-state index is 13.0. The van der Waals surface area contributed by atoms with Gasteiger partial charge in [-0.1, -0.05) is 256 Å². The SMILES string of the molecule is CC/C=C\C/C=C\C/C=C\C/C=C\C/C=C\C/C=C\C/C=C\C/C=C\C/C=C\C/C=C\C/C=C\CCCCCCCC(=O)NC(COP(=O)([O-])OCC[N+](C)(C)C)C(O)/C=C/CCCCCCCCCCCCCCC. The lowest BCUT2D eigenvalue weighted by atomic mass is 10.0.